The van der Waals surface area contributed by atoms with E-state index >= 15 is 0 Å². The molecule has 1 aromatic heterocycles. The number of nitrogens with one attached hydrogen (secondary N) is 2. The van der Waals surface area contributed by atoms with E-state index in [9.17, 15) is 4.79 Å². The summed E-state index contributed by atoms with van der Waals surface area (Å²) in [6, 6.07) is 2.00. The average Bonchev–Trinajstić information content (AvgIpc) is 2.61. The van der Waals surface area contributed by atoms with Gasteiger partial charge in [-0.05, 0) is 34.8 Å². The Morgan fingerprint density at radius 2 is 2.20 bits per heavy atom. The Balaban J connectivity index is 2.13. The molecule has 15 heavy (non-hydrogen) atoms. The molecule has 1 aromatic rings. The van der Waals surface area contributed by atoms with Crippen LogP contribution in [0.1, 0.15) is 18.2 Å². The van der Waals surface area contributed by atoms with Gasteiger partial charge in [-0.25, -0.2) is 4.79 Å². The molecule has 5 heteroatoms. The number of hydrogen-bond acceptors (Lipinski definition) is 2. The first-order chi connectivity index (χ1) is 7.22. The Morgan fingerprint density at radius 3 is 2.80 bits per heavy atom. The highest BCUT2D eigenvalue weighted by molar-refractivity contribution is 9.10. The van der Waals surface area contributed by atoms with Gasteiger partial charge < -0.3 is 10.6 Å². The van der Waals surface area contributed by atoms with Gasteiger partial charge in [-0.15, -0.1) is 11.3 Å². The Labute approximate surface area is 102 Å². The van der Waals surface area contributed by atoms with Gasteiger partial charge in [-0.1, -0.05) is 6.92 Å². The largest absolute Gasteiger partial charge is 0.338 e. The highest BCUT2D eigenvalue weighted by Gasteiger charge is 2.00. The zero-order valence-corrected chi connectivity index (χ0v) is 11.1. The fourth-order valence-electron chi connectivity index (χ4n) is 1.09. The summed E-state index contributed by atoms with van der Waals surface area (Å²) in [5.74, 6) is 0. The van der Waals surface area contributed by atoms with E-state index in [1.54, 1.807) is 11.3 Å². The van der Waals surface area contributed by atoms with Gasteiger partial charge in [0.15, 0.2) is 0 Å². The van der Waals surface area contributed by atoms with Crippen LogP contribution in [0.4, 0.5) is 4.79 Å². The minimum Gasteiger partial charge on any atom is -0.338 e. The van der Waals surface area contributed by atoms with Gasteiger partial charge in [0, 0.05) is 27.8 Å². The molecule has 0 radical (unpaired) electrons. The molecule has 0 aliphatic heterocycles. The standard InChI is InChI=1S/C10H15BrN2OS/c1-2-4-12-10(14)13-5-3-9-6-8(11)7-15-9/h6-7H,2-5H2,1H3,(H2,12,13,14). The van der Waals surface area contributed by atoms with Crippen LogP contribution in [-0.4, -0.2) is 19.1 Å². The maximum Gasteiger partial charge on any atom is 0.314 e. The molecule has 84 valence electrons. The van der Waals surface area contributed by atoms with Crippen LogP contribution in [0.15, 0.2) is 15.9 Å². The van der Waals surface area contributed by atoms with Gasteiger partial charge in [0.1, 0.15) is 0 Å². The van der Waals surface area contributed by atoms with Crippen molar-refractivity contribution in [2.45, 2.75) is 19.8 Å². The van der Waals surface area contributed by atoms with Crippen LogP contribution in [0.3, 0.4) is 0 Å². The molecule has 2 N–H and O–H groups in total. The number of carbonyl (C=O) groups is 1. The fraction of sp³-hybridized carbons (Fsp3) is 0.500. The van der Waals surface area contributed by atoms with Crippen LogP contribution in [0.25, 0.3) is 0 Å². The Bertz CT molecular complexity index is 314. The lowest BCUT2D eigenvalue weighted by atomic mass is 10.3. The van der Waals surface area contributed by atoms with Crippen molar-refractivity contribution in [3.63, 3.8) is 0 Å². The minimum atomic E-state index is -0.0764. The molecule has 0 spiro atoms. The summed E-state index contributed by atoms with van der Waals surface area (Å²) < 4.78 is 1.11. The van der Waals surface area contributed by atoms with Gasteiger partial charge in [0.05, 0.1) is 0 Å². The molecular weight excluding hydrogens is 276 g/mol. The van der Waals surface area contributed by atoms with Gasteiger partial charge in [-0.2, -0.15) is 0 Å². The molecular formula is C10H15BrN2OS. The van der Waals surface area contributed by atoms with Crippen molar-refractivity contribution in [1.29, 1.82) is 0 Å². The van der Waals surface area contributed by atoms with Crippen LogP contribution in [0, 0.1) is 0 Å². The van der Waals surface area contributed by atoms with Gasteiger partial charge >= 0.3 is 6.03 Å². The van der Waals surface area contributed by atoms with Crippen LogP contribution in [0.2, 0.25) is 0 Å². The summed E-state index contributed by atoms with van der Waals surface area (Å²) in [7, 11) is 0. The van der Waals surface area contributed by atoms with Crippen molar-refractivity contribution in [1.82, 2.24) is 10.6 Å². The van der Waals surface area contributed by atoms with Gasteiger partial charge in [-0.3, -0.25) is 0 Å². The maximum atomic E-state index is 11.2. The summed E-state index contributed by atoms with van der Waals surface area (Å²) >= 11 is 5.10. The highest BCUT2D eigenvalue weighted by Crippen LogP contribution is 2.19. The van der Waals surface area contributed by atoms with E-state index in [1.807, 2.05) is 12.3 Å². The zero-order valence-electron chi connectivity index (χ0n) is 8.68. The third-order valence-corrected chi connectivity index (χ3v) is 3.57. The Morgan fingerprint density at radius 1 is 1.47 bits per heavy atom. The Hall–Kier alpha value is -0.550. The number of hydrogen-bond donors (Lipinski definition) is 2. The van der Waals surface area contributed by atoms with Crippen LogP contribution in [0.5, 0.6) is 0 Å². The molecule has 2 amide bonds. The number of thiophene rings is 1. The SMILES string of the molecule is CCCNC(=O)NCCc1cc(Br)cs1. The van der Waals surface area contributed by atoms with Gasteiger partial charge in [0.25, 0.3) is 0 Å². The highest BCUT2D eigenvalue weighted by atomic mass is 79.9. The first kappa shape index (κ1) is 12.5. The Kier molecular flexibility index (Phi) is 5.71. The topological polar surface area (TPSA) is 41.1 Å². The molecule has 0 aromatic carbocycles. The maximum absolute atomic E-state index is 11.2. The number of halogens is 1. The molecule has 0 fully saturated rings. The van der Waals surface area contributed by atoms with Crippen molar-refractivity contribution in [3.05, 3.63) is 20.8 Å². The summed E-state index contributed by atoms with van der Waals surface area (Å²) in [5, 5.41) is 7.63. The second-order valence-electron chi connectivity index (χ2n) is 3.16. The van der Waals surface area contributed by atoms with E-state index in [0.29, 0.717) is 6.54 Å². The molecule has 0 atom stereocenters. The molecule has 1 heterocycles. The minimum absolute atomic E-state index is 0.0764. The molecule has 0 bridgehead atoms. The monoisotopic (exact) mass is 290 g/mol. The van der Waals surface area contributed by atoms with Crippen molar-refractivity contribution >= 4 is 33.3 Å². The summed E-state index contributed by atoms with van der Waals surface area (Å²) in [5.41, 5.74) is 0. The van der Waals surface area contributed by atoms with E-state index < -0.39 is 0 Å². The summed E-state index contributed by atoms with van der Waals surface area (Å²) in [6.07, 6.45) is 1.85. The van der Waals surface area contributed by atoms with E-state index in [4.69, 9.17) is 0 Å². The molecule has 0 unspecified atom stereocenters. The van der Waals surface area contributed by atoms with Crippen molar-refractivity contribution < 1.29 is 4.79 Å². The zero-order chi connectivity index (χ0) is 11.1. The molecule has 3 nitrogen and oxygen atoms in total. The van der Waals surface area contributed by atoms with Crippen molar-refractivity contribution in [3.8, 4) is 0 Å². The predicted molar refractivity (Wildman–Crippen MR) is 67.4 cm³/mol. The third kappa shape index (κ3) is 5.18. The normalized spacial score (nSPS) is 10.0. The van der Waals surface area contributed by atoms with E-state index in [0.717, 1.165) is 23.9 Å². The van der Waals surface area contributed by atoms with Crippen LogP contribution >= 0.6 is 27.3 Å². The summed E-state index contributed by atoms with van der Waals surface area (Å²) in [4.78, 5) is 12.4. The van der Waals surface area contributed by atoms with E-state index in [2.05, 4.69) is 32.6 Å². The first-order valence-electron chi connectivity index (χ1n) is 4.97. The second kappa shape index (κ2) is 6.85. The third-order valence-electron chi connectivity index (χ3n) is 1.81. The van der Waals surface area contributed by atoms with E-state index in [-0.39, 0.29) is 6.03 Å². The molecule has 0 aliphatic carbocycles. The first-order valence-corrected chi connectivity index (χ1v) is 6.64. The van der Waals surface area contributed by atoms with Crippen molar-refractivity contribution in [2.24, 2.45) is 0 Å². The molecule has 0 saturated carbocycles. The average molecular weight is 291 g/mol. The number of urea groups is 1. The lowest BCUT2D eigenvalue weighted by Gasteiger charge is -2.05. The predicted octanol–water partition coefficient (Wildman–Crippen LogP) is 2.76. The van der Waals surface area contributed by atoms with Gasteiger partial charge in [0.2, 0.25) is 0 Å². The van der Waals surface area contributed by atoms with Crippen LogP contribution < -0.4 is 10.6 Å². The quantitative estimate of drug-likeness (QED) is 0.860. The number of rotatable bonds is 5. The molecule has 0 saturated heterocycles. The summed E-state index contributed by atoms with van der Waals surface area (Å²) in [6.45, 7) is 3.45. The number of amides is 2. The van der Waals surface area contributed by atoms with E-state index in [1.165, 1.54) is 4.88 Å². The molecule has 0 aliphatic rings. The van der Waals surface area contributed by atoms with Crippen LogP contribution in [-0.2, 0) is 6.42 Å². The number of carbonyl (C=O) groups excluding carboxylic acids is 1. The fourth-order valence-corrected chi connectivity index (χ4v) is 2.54. The molecule has 1 rings (SSSR count). The second-order valence-corrected chi connectivity index (χ2v) is 5.08. The lowest BCUT2D eigenvalue weighted by molar-refractivity contribution is 0.241. The lowest BCUT2D eigenvalue weighted by Crippen LogP contribution is -2.36. The smallest absolute Gasteiger partial charge is 0.314 e. The van der Waals surface area contributed by atoms with Crippen molar-refractivity contribution in [2.75, 3.05) is 13.1 Å².